The number of hydrogen-bond donors (Lipinski definition) is 0. The quantitative estimate of drug-likeness (QED) is 0.470. The highest BCUT2D eigenvalue weighted by Gasteiger charge is 2.63. The van der Waals surface area contributed by atoms with E-state index in [0.717, 1.165) is 24.8 Å². The Morgan fingerprint density at radius 1 is 1.10 bits per heavy atom. The Morgan fingerprint density at radius 2 is 1.75 bits per heavy atom. The second-order valence-electron chi connectivity index (χ2n) is 7.45. The Bertz CT molecular complexity index is 607. The van der Waals surface area contributed by atoms with Crippen LogP contribution in [0.3, 0.4) is 0 Å². The van der Waals surface area contributed by atoms with E-state index in [1.165, 1.54) is 22.3 Å². The molecule has 0 spiro atoms. The lowest BCUT2D eigenvalue weighted by molar-refractivity contribution is -0.119. The van der Waals surface area contributed by atoms with E-state index in [2.05, 4.69) is 49.9 Å². The van der Waals surface area contributed by atoms with E-state index in [1.807, 2.05) is 0 Å². The number of rotatable bonds is 0. The molecular weight excluding hydrogens is 263 g/mol. The summed E-state index contributed by atoms with van der Waals surface area (Å²) in [6, 6.07) is 0. The maximum absolute atomic E-state index is 13.0. The van der Waals surface area contributed by atoms with Gasteiger partial charge in [0.2, 0.25) is 0 Å². The molecule has 0 bridgehead atoms. The van der Waals surface area contributed by atoms with Crippen molar-refractivity contribution >= 4 is 15.0 Å². The molecule has 0 aromatic heterocycles. The van der Waals surface area contributed by atoms with Crippen molar-refractivity contribution in [2.75, 3.05) is 0 Å². The molecule has 1 unspecified atom stereocenters. The number of hydrogen-bond acceptors (Lipinski definition) is 1. The molecule has 0 aliphatic heterocycles. The zero-order valence-electron chi connectivity index (χ0n) is 13.3. The zero-order valence-corrected chi connectivity index (χ0v) is 14.4. The van der Waals surface area contributed by atoms with Crippen molar-refractivity contribution in [3.8, 4) is 0 Å². The smallest absolute Gasteiger partial charge is 0.163 e. The summed E-state index contributed by atoms with van der Waals surface area (Å²) < 4.78 is 0. The molecule has 0 amide bonds. The van der Waals surface area contributed by atoms with Gasteiger partial charge in [-0.2, -0.15) is 0 Å². The Balaban J connectivity index is 2.18. The van der Waals surface area contributed by atoms with Gasteiger partial charge in [0.1, 0.15) is 0 Å². The van der Waals surface area contributed by atoms with Crippen LogP contribution < -0.4 is 0 Å². The average Bonchev–Trinajstić information content (AvgIpc) is 2.50. The lowest BCUT2D eigenvalue weighted by atomic mass is 9.61. The molecule has 1 saturated carbocycles. The van der Waals surface area contributed by atoms with Crippen molar-refractivity contribution in [3.05, 3.63) is 33.9 Å². The minimum Gasteiger partial charge on any atom is -0.294 e. The highest BCUT2D eigenvalue weighted by atomic mass is 31.0. The maximum Gasteiger partial charge on any atom is 0.163 e. The number of ketones is 1. The summed E-state index contributed by atoms with van der Waals surface area (Å²) in [6.45, 7) is 11.1. The van der Waals surface area contributed by atoms with Gasteiger partial charge in [-0.3, -0.25) is 4.79 Å². The SMILES string of the molecule is CC1=C(C)C[C@@]2(P)C(=C1)C(=O)[C@H]1CC(C)=C(C)C[C@@]12C. The van der Waals surface area contributed by atoms with Crippen molar-refractivity contribution in [3.63, 3.8) is 0 Å². The Labute approximate surface area is 124 Å². The van der Waals surface area contributed by atoms with Gasteiger partial charge in [0.05, 0.1) is 0 Å². The van der Waals surface area contributed by atoms with E-state index in [1.54, 1.807) is 0 Å². The van der Waals surface area contributed by atoms with Gasteiger partial charge >= 0.3 is 0 Å². The third-order valence-electron chi connectivity index (χ3n) is 6.30. The molecule has 3 rings (SSSR count). The lowest BCUT2D eigenvalue weighted by Crippen LogP contribution is -2.44. The normalized spacial score (nSPS) is 40.8. The first kappa shape index (κ1) is 14.3. The summed E-state index contributed by atoms with van der Waals surface area (Å²) in [7, 11) is 3.09. The van der Waals surface area contributed by atoms with E-state index in [-0.39, 0.29) is 16.5 Å². The van der Waals surface area contributed by atoms with Crippen LogP contribution in [0, 0.1) is 11.3 Å². The first-order valence-electron chi connectivity index (χ1n) is 7.57. The Kier molecular flexibility index (Phi) is 2.97. The van der Waals surface area contributed by atoms with Crippen LogP contribution in [0.5, 0.6) is 0 Å². The predicted octanol–water partition coefficient (Wildman–Crippen LogP) is 4.60. The molecule has 20 heavy (non-hydrogen) atoms. The van der Waals surface area contributed by atoms with E-state index in [0.29, 0.717) is 5.78 Å². The Hall–Kier alpha value is -0.680. The molecule has 3 aliphatic rings. The molecular formula is C18H25OP. The van der Waals surface area contributed by atoms with Crippen LogP contribution in [0.4, 0.5) is 0 Å². The number of carbonyl (C=O) groups excluding carboxylic acids is 1. The van der Waals surface area contributed by atoms with Crippen LogP contribution in [0.25, 0.3) is 0 Å². The van der Waals surface area contributed by atoms with Crippen molar-refractivity contribution in [2.45, 2.75) is 59.0 Å². The molecule has 1 fully saturated rings. The largest absolute Gasteiger partial charge is 0.294 e. The summed E-state index contributed by atoms with van der Waals surface area (Å²) in [5.74, 6) is 0.579. The fourth-order valence-corrected chi connectivity index (χ4v) is 5.33. The summed E-state index contributed by atoms with van der Waals surface area (Å²) in [6.07, 6.45) is 5.19. The van der Waals surface area contributed by atoms with Crippen LogP contribution in [0.1, 0.15) is 53.9 Å². The molecule has 0 heterocycles. The molecule has 0 aromatic rings. The molecule has 4 atom stereocenters. The highest BCUT2D eigenvalue weighted by molar-refractivity contribution is 7.20. The summed E-state index contributed by atoms with van der Waals surface area (Å²) in [5, 5.41) is -0.0553. The van der Waals surface area contributed by atoms with Crippen LogP contribution in [-0.2, 0) is 4.79 Å². The van der Waals surface area contributed by atoms with Gasteiger partial charge in [0.15, 0.2) is 5.78 Å². The zero-order chi connectivity index (χ0) is 14.9. The molecule has 2 heteroatoms. The summed E-state index contributed by atoms with van der Waals surface area (Å²) in [4.78, 5) is 13.0. The standard InChI is InChI=1S/C18H25OP/c1-10-6-14-16(19)15-7-11(2)13(4)9-18(15,20)17(14,5)8-12(10)3/h7,14H,6,8-9,20H2,1-5H3/t14-,17+,18-/m1/s1. The highest BCUT2D eigenvalue weighted by Crippen LogP contribution is 2.65. The fraction of sp³-hybridized carbons (Fsp3) is 0.611. The van der Waals surface area contributed by atoms with Crippen molar-refractivity contribution in [1.82, 2.24) is 0 Å². The molecule has 108 valence electrons. The Morgan fingerprint density at radius 3 is 2.40 bits per heavy atom. The average molecular weight is 288 g/mol. The number of carbonyl (C=O) groups is 1. The van der Waals surface area contributed by atoms with Gasteiger partial charge < -0.3 is 0 Å². The summed E-state index contributed by atoms with van der Waals surface area (Å²) in [5.41, 5.74) is 6.77. The van der Waals surface area contributed by atoms with Crippen LogP contribution in [0.15, 0.2) is 33.9 Å². The van der Waals surface area contributed by atoms with Crippen LogP contribution in [-0.4, -0.2) is 10.9 Å². The van der Waals surface area contributed by atoms with Gasteiger partial charge in [-0.05, 0) is 52.4 Å². The minimum atomic E-state index is -0.0553. The molecule has 3 aliphatic carbocycles. The molecule has 1 nitrogen and oxygen atoms in total. The van der Waals surface area contributed by atoms with E-state index >= 15 is 0 Å². The molecule has 0 N–H and O–H groups in total. The van der Waals surface area contributed by atoms with Gasteiger partial charge in [0.25, 0.3) is 0 Å². The summed E-state index contributed by atoms with van der Waals surface area (Å²) >= 11 is 0. The van der Waals surface area contributed by atoms with Crippen LogP contribution in [0.2, 0.25) is 0 Å². The van der Waals surface area contributed by atoms with Gasteiger partial charge in [-0.25, -0.2) is 0 Å². The molecule has 0 aromatic carbocycles. The van der Waals surface area contributed by atoms with Gasteiger partial charge in [0, 0.05) is 16.6 Å². The van der Waals surface area contributed by atoms with Gasteiger partial charge in [-0.15, -0.1) is 9.24 Å². The van der Waals surface area contributed by atoms with E-state index in [4.69, 9.17) is 0 Å². The molecule has 0 radical (unpaired) electrons. The van der Waals surface area contributed by atoms with Crippen LogP contribution >= 0.6 is 9.24 Å². The third kappa shape index (κ3) is 1.56. The predicted molar refractivity (Wildman–Crippen MR) is 87.7 cm³/mol. The first-order valence-corrected chi connectivity index (χ1v) is 8.15. The second kappa shape index (κ2) is 4.17. The lowest BCUT2D eigenvalue weighted by Gasteiger charge is -2.48. The monoisotopic (exact) mass is 288 g/mol. The van der Waals surface area contributed by atoms with Gasteiger partial charge in [-0.1, -0.05) is 35.3 Å². The fourth-order valence-electron chi connectivity index (χ4n) is 4.49. The van der Waals surface area contributed by atoms with E-state index in [9.17, 15) is 4.79 Å². The minimum absolute atomic E-state index is 0.0553. The topological polar surface area (TPSA) is 17.1 Å². The first-order chi connectivity index (χ1) is 9.20. The third-order valence-corrected chi connectivity index (χ3v) is 7.47. The number of fused-ring (bicyclic) bond motifs is 3. The maximum atomic E-state index is 13.0. The van der Waals surface area contributed by atoms with Crippen molar-refractivity contribution in [2.24, 2.45) is 11.3 Å². The number of Topliss-reactive ketones (excluding diaryl/α,β-unsaturated/α-hetero) is 1. The number of allylic oxidation sites excluding steroid dienone is 6. The van der Waals surface area contributed by atoms with Crippen molar-refractivity contribution in [1.29, 1.82) is 0 Å². The van der Waals surface area contributed by atoms with Crippen molar-refractivity contribution < 1.29 is 4.79 Å². The molecule has 0 saturated heterocycles. The van der Waals surface area contributed by atoms with E-state index < -0.39 is 0 Å². The second-order valence-corrected chi connectivity index (χ2v) is 8.43.